The molecule has 0 aliphatic carbocycles. The number of carboxylic acids is 2. The number of rotatable bonds is 4. The third-order valence-electron chi connectivity index (χ3n) is 0.552. The van der Waals surface area contributed by atoms with E-state index in [2.05, 4.69) is 5.32 Å². The molecule has 0 aliphatic rings. The van der Waals surface area contributed by atoms with Crippen LogP contribution >= 0.6 is 0 Å². The molecule has 0 aliphatic heterocycles. The molecule has 3 N–H and O–H groups in total. The number of carbonyl (C=O) groups is 2. The van der Waals surface area contributed by atoms with Crippen molar-refractivity contribution in [1.29, 1.82) is 0 Å². The molecule has 0 saturated carbocycles. The molecule has 0 aromatic rings. The minimum atomic E-state index is -1.06. The topological polar surface area (TPSA) is 86.6 Å². The molecule has 62 valence electrons. The Morgan fingerprint density at radius 2 is 1.40 bits per heavy atom. The van der Waals surface area contributed by atoms with E-state index in [4.69, 9.17) is 10.2 Å². The summed E-state index contributed by atoms with van der Waals surface area (Å²) < 4.78 is 0. The molecule has 0 rings (SSSR count). The maximum atomic E-state index is 9.73. The monoisotopic (exact) mass is 191 g/mol. The van der Waals surface area contributed by atoms with Crippen LogP contribution in [0, 0.1) is 0 Å². The zero-order valence-corrected chi connectivity index (χ0v) is 5.93. The van der Waals surface area contributed by atoms with Crippen LogP contribution in [0.25, 0.3) is 0 Å². The summed E-state index contributed by atoms with van der Waals surface area (Å²) in [6.07, 6.45) is 0. The molecular weight excluding hydrogens is 185 g/mol. The molecule has 0 radical (unpaired) electrons. The van der Waals surface area contributed by atoms with Gasteiger partial charge in [-0.25, -0.2) is 0 Å². The molecule has 0 atom stereocenters. The zero-order chi connectivity index (χ0) is 7.28. The van der Waals surface area contributed by atoms with Gasteiger partial charge in [0, 0.05) is 16.5 Å². The Bertz CT molecular complexity index is 112. The first kappa shape index (κ1) is 12.1. The van der Waals surface area contributed by atoms with E-state index in [1.165, 1.54) is 0 Å². The molecule has 0 bridgehead atoms. The van der Waals surface area contributed by atoms with Crippen molar-refractivity contribution in [1.82, 2.24) is 5.32 Å². The molecule has 0 aromatic carbocycles. The fourth-order valence-corrected chi connectivity index (χ4v) is 0.276. The smallest absolute Gasteiger partial charge is 0.317 e. The average Bonchev–Trinajstić information content (AvgIpc) is 1.63. The van der Waals surface area contributed by atoms with E-state index in [9.17, 15) is 9.59 Å². The molecular formula is C4H7NNiO4. The molecule has 5 nitrogen and oxygen atoms in total. The molecule has 10 heavy (non-hydrogen) atoms. The predicted molar refractivity (Wildman–Crippen MR) is 28.1 cm³/mol. The Morgan fingerprint density at radius 3 is 1.60 bits per heavy atom. The number of carboxylic acid groups (broad SMARTS) is 2. The quantitative estimate of drug-likeness (QED) is 0.484. The van der Waals surface area contributed by atoms with E-state index >= 15 is 0 Å². The van der Waals surface area contributed by atoms with Gasteiger partial charge < -0.3 is 10.2 Å². The fraction of sp³-hybridized carbons (Fsp3) is 0.500. The Kier molecular flexibility index (Phi) is 7.88. The normalized spacial score (nSPS) is 8.00. The van der Waals surface area contributed by atoms with Gasteiger partial charge in [-0.1, -0.05) is 0 Å². The first-order valence-electron chi connectivity index (χ1n) is 2.27. The van der Waals surface area contributed by atoms with Crippen LogP contribution in [-0.2, 0) is 26.1 Å². The van der Waals surface area contributed by atoms with Gasteiger partial charge in [-0.3, -0.25) is 14.9 Å². The molecule has 0 amide bonds. The van der Waals surface area contributed by atoms with Crippen LogP contribution < -0.4 is 5.32 Å². The standard InChI is InChI=1S/C4H7NO4.Ni/c6-3(7)1-5-2-4(8)9;/h5H,1-2H2,(H,6,7)(H,8,9);. The molecule has 6 heteroatoms. The molecule has 0 heterocycles. The van der Waals surface area contributed by atoms with E-state index in [0.29, 0.717) is 0 Å². The van der Waals surface area contributed by atoms with Gasteiger partial charge in [0.2, 0.25) is 0 Å². The zero-order valence-electron chi connectivity index (χ0n) is 4.94. The van der Waals surface area contributed by atoms with E-state index in [0.717, 1.165) is 0 Å². The van der Waals surface area contributed by atoms with E-state index < -0.39 is 11.9 Å². The predicted octanol–water partition coefficient (Wildman–Crippen LogP) is -1.26. The van der Waals surface area contributed by atoms with Crippen molar-refractivity contribution in [3.63, 3.8) is 0 Å². The molecule has 0 saturated heterocycles. The van der Waals surface area contributed by atoms with Crippen LogP contribution in [0.5, 0.6) is 0 Å². The third kappa shape index (κ3) is 10.4. The van der Waals surface area contributed by atoms with Crippen molar-refractivity contribution in [3.05, 3.63) is 0 Å². The van der Waals surface area contributed by atoms with Crippen LogP contribution in [0.4, 0.5) is 0 Å². The van der Waals surface area contributed by atoms with Crippen LogP contribution in [-0.4, -0.2) is 35.2 Å². The molecule has 0 spiro atoms. The number of hydrogen-bond acceptors (Lipinski definition) is 3. The van der Waals surface area contributed by atoms with Crippen molar-refractivity contribution in [2.45, 2.75) is 0 Å². The van der Waals surface area contributed by atoms with Gasteiger partial charge in [-0.2, -0.15) is 0 Å². The van der Waals surface area contributed by atoms with Crippen molar-refractivity contribution < 1.29 is 36.3 Å². The van der Waals surface area contributed by atoms with Gasteiger partial charge in [0.15, 0.2) is 0 Å². The first-order valence-corrected chi connectivity index (χ1v) is 2.27. The minimum absolute atomic E-state index is 0. The minimum Gasteiger partial charge on any atom is -0.480 e. The van der Waals surface area contributed by atoms with Gasteiger partial charge in [0.25, 0.3) is 0 Å². The first-order chi connectivity index (χ1) is 4.13. The fourth-order valence-electron chi connectivity index (χ4n) is 0.276. The van der Waals surface area contributed by atoms with Crippen LogP contribution in [0.1, 0.15) is 0 Å². The number of hydrogen-bond donors (Lipinski definition) is 3. The summed E-state index contributed by atoms with van der Waals surface area (Å²) in [6, 6.07) is 0. The summed E-state index contributed by atoms with van der Waals surface area (Å²) in [5.41, 5.74) is 0. The Hall–Kier alpha value is -0.606. The molecule has 0 aromatic heterocycles. The summed E-state index contributed by atoms with van der Waals surface area (Å²) in [5.74, 6) is -2.12. The van der Waals surface area contributed by atoms with Crippen LogP contribution in [0.15, 0.2) is 0 Å². The summed E-state index contributed by atoms with van der Waals surface area (Å²) in [5, 5.41) is 18.1. The van der Waals surface area contributed by atoms with Crippen LogP contribution in [0.3, 0.4) is 0 Å². The Balaban J connectivity index is 0. The number of nitrogens with one attached hydrogen (secondary N) is 1. The molecule has 0 fully saturated rings. The van der Waals surface area contributed by atoms with Crippen molar-refractivity contribution >= 4 is 11.9 Å². The van der Waals surface area contributed by atoms with E-state index in [-0.39, 0.29) is 29.6 Å². The van der Waals surface area contributed by atoms with Crippen molar-refractivity contribution in [2.24, 2.45) is 0 Å². The van der Waals surface area contributed by atoms with Gasteiger partial charge in [0.05, 0.1) is 13.1 Å². The summed E-state index contributed by atoms with van der Waals surface area (Å²) in [7, 11) is 0. The second-order valence-electron chi connectivity index (χ2n) is 1.39. The van der Waals surface area contributed by atoms with Crippen molar-refractivity contribution in [2.75, 3.05) is 13.1 Å². The van der Waals surface area contributed by atoms with E-state index in [1.54, 1.807) is 0 Å². The summed E-state index contributed by atoms with van der Waals surface area (Å²) in [6.45, 7) is -0.626. The maximum absolute atomic E-state index is 9.73. The number of aliphatic carboxylic acids is 2. The second-order valence-corrected chi connectivity index (χ2v) is 1.39. The third-order valence-corrected chi connectivity index (χ3v) is 0.552. The van der Waals surface area contributed by atoms with Gasteiger partial charge in [-0.15, -0.1) is 0 Å². The largest absolute Gasteiger partial charge is 0.480 e. The second kappa shape index (κ2) is 6.51. The summed E-state index contributed by atoms with van der Waals surface area (Å²) in [4.78, 5) is 19.5. The average molecular weight is 192 g/mol. The van der Waals surface area contributed by atoms with Crippen LogP contribution in [0.2, 0.25) is 0 Å². The van der Waals surface area contributed by atoms with Gasteiger partial charge >= 0.3 is 11.9 Å². The van der Waals surface area contributed by atoms with Gasteiger partial charge in [0.1, 0.15) is 0 Å². The summed E-state index contributed by atoms with van der Waals surface area (Å²) >= 11 is 0. The van der Waals surface area contributed by atoms with Crippen molar-refractivity contribution in [3.8, 4) is 0 Å². The van der Waals surface area contributed by atoms with Gasteiger partial charge in [-0.05, 0) is 0 Å². The maximum Gasteiger partial charge on any atom is 0.317 e. The Labute approximate surface area is 67.3 Å². The van der Waals surface area contributed by atoms with E-state index in [1.807, 2.05) is 0 Å². The molecule has 0 unspecified atom stereocenters. The SMILES string of the molecule is O=C(O)CNCC(=O)O.[Ni]. The Morgan fingerprint density at radius 1 is 1.10 bits per heavy atom.